The SMILES string of the molecule is CCNC(c1ccc(CC)s1)c1c(F)cccc1OC. The molecule has 0 aliphatic heterocycles. The molecule has 0 radical (unpaired) electrons. The predicted octanol–water partition coefficient (Wildman–Crippen LogP) is 4.16. The van der Waals surface area contributed by atoms with Crippen molar-refractivity contribution in [3.63, 3.8) is 0 Å². The fourth-order valence-corrected chi connectivity index (χ4v) is 3.30. The molecule has 0 aliphatic carbocycles. The van der Waals surface area contributed by atoms with Crippen LogP contribution in [0.15, 0.2) is 30.3 Å². The van der Waals surface area contributed by atoms with Crippen LogP contribution in [0.3, 0.4) is 0 Å². The second-order valence-electron chi connectivity index (χ2n) is 4.50. The highest BCUT2D eigenvalue weighted by Gasteiger charge is 2.22. The van der Waals surface area contributed by atoms with Crippen LogP contribution in [0.5, 0.6) is 5.75 Å². The van der Waals surface area contributed by atoms with Crippen molar-refractivity contribution in [1.29, 1.82) is 0 Å². The lowest BCUT2D eigenvalue weighted by molar-refractivity contribution is 0.398. The zero-order chi connectivity index (χ0) is 14.5. The van der Waals surface area contributed by atoms with Gasteiger partial charge in [-0.05, 0) is 37.2 Å². The van der Waals surface area contributed by atoms with E-state index in [0.29, 0.717) is 11.3 Å². The molecule has 1 unspecified atom stereocenters. The topological polar surface area (TPSA) is 21.3 Å². The van der Waals surface area contributed by atoms with E-state index in [2.05, 4.69) is 24.4 Å². The van der Waals surface area contributed by atoms with Crippen molar-refractivity contribution in [2.75, 3.05) is 13.7 Å². The molecular formula is C16H20FNOS. The van der Waals surface area contributed by atoms with Gasteiger partial charge in [-0.15, -0.1) is 11.3 Å². The average molecular weight is 293 g/mol. The van der Waals surface area contributed by atoms with Crippen LogP contribution in [0.4, 0.5) is 4.39 Å². The molecule has 0 fully saturated rings. The molecule has 1 aromatic heterocycles. The summed E-state index contributed by atoms with van der Waals surface area (Å²) in [5.74, 6) is 0.351. The molecule has 1 heterocycles. The molecule has 1 atom stereocenters. The molecule has 0 bridgehead atoms. The summed E-state index contributed by atoms with van der Waals surface area (Å²) in [7, 11) is 1.58. The Morgan fingerprint density at radius 1 is 1.25 bits per heavy atom. The second kappa shape index (κ2) is 6.86. The molecule has 0 spiro atoms. The van der Waals surface area contributed by atoms with E-state index in [-0.39, 0.29) is 11.9 Å². The molecule has 0 aliphatic rings. The van der Waals surface area contributed by atoms with Crippen molar-refractivity contribution in [3.8, 4) is 5.75 Å². The van der Waals surface area contributed by atoms with E-state index < -0.39 is 0 Å². The van der Waals surface area contributed by atoms with Crippen molar-refractivity contribution in [2.45, 2.75) is 26.3 Å². The minimum Gasteiger partial charge on any atom is -0.496 e. The molecule has 108 valence electrons. The number of hydrogen-bond donors (Lipinski definition) is 1. The van der Waals surface area contributed by atoms with Crippen molar-refractivity contribution in [2.24, 2.45) is 0 Å². The van der Waals surface area contributed by atoms with Gasteiger partial charge in [-0.2, -0.15) is 0 Å². The molecule has 4 heteroatoms. The third-order valence-corrected chi connectivity index (χ3v) is 4.54. The molecule has 1 aromatic carbocycles. The summed E-state index contributed by atoms with van der Waals surface area (Å²) in [6.07, 6.45) is 0.998. The summed E-state index contributed by atoms with van der Waals surface area (Å²) in [6.45, 7) is 4.91. The molecule has 2 rings (SSSR count). The first-order valence-electron chi connectivity index (χ1n) is 6.85. The highest BCUT2D eigenvalue weighted by Crippen LogP contribution is 2.35. The van der Waals surface area contributed by atoms with Crippen LogP contribution >= 0.6 is 11.3 Å². The van der Waals surface area contributed by atoms with Gasteiger partial charge in [0.25, 0.3) is 0 Å². The number of ether oxygens (including phenoxy) is 1. The van der Waals surface area contributed by atoms with Crippen molar-refractivity contribution >= 4 is 11.3 Å². The summed E-state index contributed by atoms with van der Waals surface area (Å²) in [6, 6.07) is 8.97. The number of aryl methyl sites for hydroxylation is 1. The normalized spacial score (nSPS) is 12.4. The summed E-state index contributed by atoms with van der Waals surface area (Å²) in [5, 5.41) is 3.36. The van der Waals surface area contributed by atoms with Gasteiger partial charge in [-0.25, -0.2) is 4.39 Å². The number of rotatable bonds is 6. The maximum absolute atomic E-state index is 14.3. The van der Waals surface area contributed by atoms with Gasteiger partial charge in [0.2, 0.25) is 0 Å². The van der Waals surface area contributed by atoms with Crippen molar-refractivity contribution < 1.29 is 9.13 Å². The Morgan fingerprint density at radius 2 is 2.05 bits per heavy atom. The molecule has 2 aromatic rings. The van der Waals surface area contributed by atoms with Crippen molar-refractivity contribution in [3.05, 3.63) is 51.5 Å². The van der Waals surface area contributed by atoms with Gasteiger partial charge < -0.3 is 10.1 Å². The third-order valence-electron chi connectivity index (χ3n) is 3.25. The standard InChI is InChI=1S/C16H20FNOS/c1-4-11-9-10-14(20-11)16(18-5-2)15-12(17)7-6-8-13(15)19-3/h6-10,16,18H,4-5H2,1-3H3. The van der Waals surface area contributed by atoms with E-state index in [4.69, 9.17) is 4.74 Å². The summed E-state index contributed by atoms with van der Waals surface area (Å²) < 4.78 is 19.6. The van der Waals surface area contributed by atoms with Gasteiger partial charge in [-0.3, -0.25) is 0 Å². The smallest absolute Gasteiger partial charge is 0.132 e. The van der Waals surface area contributed by atoms with E-state index in [1.807, 2.05) is 6.92 Å². The summed E-state index contributed by atoms with van der Waals surface area (Å²) in [4.78, 5) is 2.42. The zero-order valence-electron chi connectivity index (χ0n) is 12.1. The molecule has 20 heavy (non-hydrogen) atoms. The van der Waals surface area contributed by atoms with Crippen LogP contribution in [-0.4, -0.2) is 13.7 Å². The van der Waals surface area contributed by atoms with E-state index in [1.54, 1.807) is 30.6 Å². The largest absolute Gasteiger partial charge is 0.496 e. The number of nitrogens with one attached hydrogen (secondary N) is 1. The number of halogens is 1. The Labute approximate surface area is 123 Å². The fourth-order valence-electron chi connectivity index (χ4n) is 2.26. The lowest BCUT2D eigenvalue weighted by atomic mass is 10.0. The van der Waals surface area contributed by atoms with Gasteiger partial charge in [0.05, 0.1) is 18.7 Å². The van der Waals surface area contributed by atoms with Gasteiger partial charge in [0, 0.05) is 9.75 Å². The van der Waals surface area contributed by atoms with E-state index in [9.17, 15) is 4.39 Å². The maximum atomic E-state index is 14.3. The first-order valence-corrected chi connectivity index (χ1v) is 7.67. The van der Waals surface area contributed by atoms with Crippen LogP contribution in [0.25, 0.3) is 0 Å². The van der Waals surface area contributed by atoms with Crippen LogP contribution < -0.4 is 10.1 Å². The molecule has 0 saturated heterocycles. The lowest BCUT2D eigenvalue weighted by Gasteiger charge is -2.20. The number of thiophene rings is 1. The second-order valence-corrected chi connectivity index (χ2v) is 5.70. The molecule has 2 nitrogen and oxygen atoms in total. The zero-order valence-corrected chi connectivity index (χ0v) is 12.9. The quantitative estimate of drug-likeness (QED) is 0.863. The van der Waals surface area contributed by atoms with Gasteiger partial charge in [-0.1, -0.05) is 19.9 Å². The molecule has 0 saturated carbocycles. The predicted molar refractivity (Wildman–Crippen MR) is 82.2 cm³/mol. The highest BCUT2D eigenvalue weighted by atomic mass is 32.1. The first kappa shape index (κ1) is 15.0. The minimum atomic E-state index is -0.234. The first-order chi connectivity index (χ1) is 9.71. The number of hydrogen-bond acceptors (Lipinski definition) is 3. The number of methoxy groups -OCH3 is 1. The maximum Gasteiger partial charge on any atom is 0.132 e. The van der Waals surface area contributed by atoms with Gasteiger partial charge in [0.1, 0.15) is 11.6 Å². The highest BCUT2D eigenvalue weighted by molar-refractivity contribution is 7.12. The Balaban J connectivity index is 2.47. The van der Waals surface area contributed by atoms with Gasteiger partial charge in [0.15, 0.2) is 0 Å². The summed E-state index contributed by atoms with van der Waals surface area (Å²) in [5.41, 5.74) is 0.585. The molecule has 1 N–H and O–H groups in total. The van der Waals surface area contributed by atoms with Crippen LogP contribution in [0.2, 0.25) is 0 Å². The van der Waals surface area contributed by atoms with Crippen molar-refractivity contribution in [1.82, 2.24) is 5.32 Å². The molecular weight excluding hydrogens is 273 g/mol. The number of benzene rings is 1. The van der Waals surface area contributed by atoms with Crippen LogP contribution in [0, 0.1) is 5.82 Å². The van der Waals surface area contributed by atoms with Crippen LogP contribution in [-0.2, 0) is 6.42 Å². The lowest BCUT2D eigenvalue weighted by Crippen LogP contribution is -2.22. The Hall–Kier alpha value is -1.39. The summed E-state index contributed by atoms with van der Waals surface area (Å²) >= 11 is 1.72. The minimum absolute atomic E-state index is 0.165. The Kier molecular flexibility index (Phi) is 5.15. The van der Waals surface area contributed by atoms with E-state index in [0.717, 1.165) is 17.8 Å². The van der Waals surface area contributed by atoms with Crippen LogP contribution in [0.1, 0.15) is 35.2 Å². The average Bonchev–Trinajstić information content (AvgIpc) is 2.93. The Bertz CT molecular complexity index is 567. The van der Waals surface area contributed by atoms with Gasteiger partial charge >= 0.3 is 0 Å². The van der Waals surface area contributed by atoms with E-state index >= 15 is 0 Å². The fraction of sp³-hybridized carbons (Fsp3) is 0.375. The third kappa shape index (κ3) is 3.02. The Morgan fingerprint density at radius 3 is 2.65 bits per heavy atom. The van der Waals surface area contributed by atoms with E-state index in [1.165, 1.54) is 10.9 Å². The monoisotopic (exact) mass is 293 g/mol. The molecule has 0 amide bonds.